The van der Waals surface area contributed by atoms with Gasteiger partial charge < -0.3 is 5.32 Å². The highest BCUT2D eigenvalue weighted by molar-refractivity contribution is 6.12. The Hall–Kier alpha value is -2.95. The fourth-order valence-electron chi connectivity index (χ4n) is 2.96. The normalized spacial score (nSPS) is 12.0. The minimum Gasteiger partial charge on any atom is -0.321 e. The fraction of sp³-hybridized carbons (Fsp3) is 0.250. The minimum absolute atomic E-state index is 0.127. The maximum absolute atomic E-state index is 12.6. The molecule has 1 aliphatic heterocycles. The zero-order valence-electron chi connectivity index (χ0n) is 14.9. The first kappa shape index (κ1) is 16.9. The average Bonchev–Trinajstić information content (AvgIpc) is 3.07. The maximum Gasteiger partial charge on any atom is 0.256 e. The molecule has 0 radical (unpaired) electrons. The van der Waals surface area contributed by atoms with Crippen molar-refractivity contribution >= 4 is 11.6 Å². The molecule has 25 heavy (non-hydrogen) atoms. The second kappa shape index (κ2) is 6.89. The monoisotopic (exact) mass is 334 g/mol. The highest BCUT2D eigenvalue weighted by atomic mass is 16.1. The molecule has 128 valence electrons. The summed E-state index contributed by atoms with van der Waals surface area (Å²) in [6, 6.07) is 15.4. The summed E-state index contributed by atoms with van der Waals surface area (Å²) in [4.78, 5) is 12.6. The van der Waals surface area contributed by atoms with Gasteiger partial charge in [0.25, 0.3) is 5.91 Å². The average molecular weight is 334 g/mol. The number of carbonyl (C=O) groups excluding carboxylic acids is 1. The molecule has 5 nitrogen and oxygen atoms in total. The van der Waals surface area contributed by atoms with Gasteiger partial charge in [0.2, 0.25) is 0 Å². The van der Waals surface area contributed by atoms with E-state index < -0.39 is 0 Å². The molecule has 0 unspecified atom stereocenters. The van der Waals surface area contributed by atoms with E-state index in [0.717, 1.165) is 28.2 Å². The zero-order chi connectivity index (χ0) is 18.0. The van der Waals surface area contributed by atoms with E-state index in [1.165, 1.54) is 0 Å². The third kappa shape index (κ3) is 2.82. The molecule has 4 rings (SSSR count). The van der Waals surface area contributed by atoms with Crippen LogP contribution in [0.5, 0.6) is 0 Å². The molecule has 1 N–H and O–H groups in total. The number of fused-ring (bicyclic) bond motifs is 5. The number of amides is 1. The maximum atomic E-state index is 12.6. The van der Waals surface area contributed by atoms with Gasteiger partial charge in [0.05, 0.1) is 11.4 Å². The molecule has 5 heteroatoms. The predicted molar refractivity (Wildman–Crippen MR) is 101 cm³/mol. The van der Waals surface area contributed by atoms with Gasteiger partial charge in [0.1, 0.15) is 5.69 Å². The van der Waals surface area contributed by atoms with Crippen LogP contribution >= 0.6 is 0 Å². The molecule has 3 aromatic rings. The number of carbonyl (C=O) groups is 1. The van der Waals surface area contributed by atoms with Crippen LogP contribution < -0.4 is 5.32 Å². The van der Waals surface area contributed by atoms with Crippen LogP contribution in [0.2, 0.25) is 0 Å². The number of rotatable bonds is 1. The Bertz CT molecular complexity index is 912. The zero-order valence-corrected chi connectivity index (χ0v) is 14.9. The van der Waals surface area contributed by atoms with E-state index in [4.69, 9.17) is 0 Å². The summed E-state index contributed by atoms with van der Waals surface area (Å²) >= 11 is 0. The van der Waals surface area contributed by atoms with Gasteiger partial charge in [-0.3, -0.25) is 4.79 Å². The highest BCUT2D eigenvalue weighted by Gasteiger charge is 2.26. The first-order chi connectivity index (χ1) is 12.2. The number of anilines is 1. The Labute approximate surface area is 147 Å². The van der Waals surface area contributed by atoms with Gasteiger partial charge in [-0.2, -0.15) is 0 Å². The van der Waals surface area contributed by atoms with Crippen LogP contribution in [0, 0.1) is 0 Å². The molecule has 0 fully saturated rings. The van der Waals surface area contributed by atoms with Crippen molar-refractivity contribution < 1.29 is 4.79 Å². The molecule has 2 heterocycles. The van der Waals surface area contributed by atoms with Crippen molar-refractivity contribution in [3.63, 3.8) is 0 Å². The van der Waals surface area contributed by atoms with Crippen LogP contribution in [-0.4, -0.2) is 20.9 Å². The summed E-state index contributed by atoms with van der Waals surface area (Å²) in [7, 11) is 0. The predicted octanol–water partition coefficient (Wildman–Crippen LogP) is 4.78. The van der Waals surface area contributed by atoms with Crippen molar-refractivity contribution in [2.75, 3.05) is 5.32 Å². The quantitative estimate of drug-likeness (QED) is 0.696. The topological polar surface area (TPSA) is 59.8 Å². The lowest BCUT2D eigenvalue weighted by atomic mass is 9.96. The minimum atomic E-state index is -0.127. The largest absolute Gasteiger partial charge is 0.321 e. The molecule has 2 aromatic carbocycles. The number of para-hydroxylation sites is 1. The second-order valence-electron chi connectivity index (χ2n) is 5.87. The number of aromatic nitrogens is 3. The van der Waals surface area contributed by atoms with Crippen LogP contribution in [0.15, 0.2) is 48.5 Å². The highest BCUT2D eigenvalue weighted by Crippen LogP contribution is 2.39. The number of benzene rings is 2. The number of nitrogens with zero attached hydrogens (tertiary/aromatic N) is 3. The Balaban J connectivity index is 0.000000880. The van der Waals surface area contributed by atoms with Crippen LogP contribution in [-0.2, 0) is 0 Å². The summed E-state index contributed by atoms with van der Waals surface area (Å²) < 4.78 is 1.91. The first-order valence-electron chi connectivity index (χ1n) is 8.62. The van der Waals surface area contributed by atoms with Gasteiger partial charge in [-0.05, 0) is 26.0 Å². The second-order valence-corrected chi connectivity index (χ2v) is 5.87. The summed E-state index contributed by atoms with van der Waals surface area (Å²) in [6.45, 7) is 8.14. The lowest BCUT2D eigenvalue weighted by molar-refractivity contribution is 0.102. The lowest BCUT2D eigenvalue weighted by Gasteiger charge is -2.19. The Morgan fingerprint density at radius 3 is 2.20 bits per heavy atom. The molecule has 1 aliphatic rings. The van der Waals surface area contributed by atoms with Crippen LogP contribution in [0.3, 0.4) is 0 Å². The number of hydrogen-bond acceptors (Lipinski definition) is 3. The van der Waals surface area contributed by atoms with Gasteiger partial charge in [0, 0.05) is 22.7 Å². The standard InChI is InChI=1S/C18H16N4O.C2H6/c1-11(2)22-17-14-9-5-6-10-15(14)19-18(23)13-8-4-3-7-12(13)16(17)20-21-22;1-2/h3-11H,1-2H3,(H,19,23);1-2H3. The summed E-state index contributed by atoms with van der Waals surface area (Å²) in [5.74, 6) is -0.127. The molecular formula is C20H22N4O. The molecule has 0 atom stereocenters. The summed E-state index contributed by atoms with van der Waals surface area (Å²) in [5, 5.41) is 11.7. The van der Waals surface area contributed by atoms with E-state index in [1.54, 1.807) is 0 Å². The van der Waals surface area contributed by atoms with Crippen molar-refractivity contribution in [2.24, 2.45) is 0 Å². The molecule has 0 saturated heterocycles. The van der Waals surface area contributed by atoms with E-state index in [-0.39, 0.29) is 11.9 Å². The molecular weight excluding hydrogens is 312 g/mol. The van der Waals surface area contributed by atoms with E-state index in [1.807, 2.05) is 67.1 Å². The van der Waals surface area contributed by atoms with Gasteiger partial charge in [-0.15, -0.1) is 5.10 Å². The van der Waals surface area contributed by atoms with Crippen molar-refractivity contribution in [1.82, 2.24) is 15.0 Å². The molecule has 0 saturated carbocycles. The first-order valence-corrected chi connectivity index (χ1v) is 8.62. The van der Waals surface area contributed by atoms with Gasteiger partial charge in [-0.1, -0.05) is 55.5 Å². The van der Waals surface area contributed by atoms with Crippen molar-refractivity contribution in [2.45, 2.75) is 33.7 Å². The van der Waals surface area contributed by atoms with Crippen LogP contribution in [0.25, 0.3) is 22.5 Å². The van der Waals surface area contributed by atoms with E-state index in [2.05, 4.69) is 29.5 Å². The number of nitrogens with one attached hydrogen (secondary N) is 1. The third-order valence-electron chi connectivity index (χ3n) is 4.04. The van der Waals surface area contributed by atoms with Gasteiger partial charge in [-0.25, -0.2) is 4.68 Å². The van der Waals surface area contributed by atoms with Crippen molar-refractivity contribution in [3.05, 3.63) is 54.1 Å². The molecule has 0 bridgehead atoms. The Morgan fingerprint density at radius 1 is 0.920 bits per heavy atom. The SMILES string of the molecule is CC.CC(C)n1nnc2c1-c1ccccc1NC(=O)c1ccccc1-2. The van der Waals surface area contributed by atoms with E-state index >= 15 is 0 Å². The number of hydrogen-bond donors (Lipinski definition) is 1. The molecule has 1 amide bonds. The summed E-state index contributed by atoms with van der Waals surface area (Å²) in [6.07, 6.45) is 0. The van der Waals surface area contributed by atoms with Crippen molar-refractivity contribution in [3.8, 4) is 22.5 Å². The van der Waals surface area contributed by atoms with Crippen LogP contribution in [0.4, 0.5) is 5.69 Å². The lowest BCUT2D eigenvalue weighted by Crippen LogP contribution is -2.16. The third-order valence-corrected chi connectivity index (χ3v) is 4.04. The fourth-order valence-corrected chi connectivity index (χ4v) is 2.96. The van der Waals surface area contributed by atoms with Crippen LogP contribution in [0.1, 0.15) is 44.1 Å². The van der Waals surface area contributed by atoms with Gasteiger partial charge in [0.15, 0.2) is 0 Å². The smallest absolute Gasteiger partial charge is 0.256 e. The molecule has 0 aliphatic carbocycles. The molecule has 0 spiro atoms. The van der Waals surface area contributed by atoms with Gasteiger partial charge >= 0.3 is 0 Å². The van der Waals surface area contributed by atoms with E-state index in [0.29, 0.717) is 5.56 Å². The summed E-state index contributed by atoms with van der Waals surface area (Å²) in [5.41, 5.74) is 4.81. The van der Waals surface area contributed by atoms with E-state index in [9.17, 15) is 4.79 Å². The Morgan fingerprint density at radius 2 is 1.52 bits per heavy atom. The molecule has 1 aromatic heterocycles. The Kier molecular flexibility index (Phi) is 4.65. The van der Waals surface area contributed by atoms with Crippen molar-refractivity contribution in [1.29, 1.82) is 0 Å².